The van der Waals surface area contributed by atoms with E-state index in [1.54, 1.807) is 13.0 Å². The largest absolute Gasteiger partial charge is 0.462 e. The molecule has 98 valence electrons. The first-order chi connectivity index (χ1) is 8.72. The Labute approximate surface area is 115 Å². The van der Waals surface area contributed by atoms with Crippen LogP contribution in [0.2, 0.25) is 0 Å². The van der Waals surface area contributed by atoms with Crippen LogP contribution in [-0.2, 0) is 9.47 Å². The molecule has 0 saturated carbocycles. The van der Waals surface area contributed by atoms with E-state index in [9.17, 15) is 4.79 Å². The standard InChI is InChI=1S/C13H16BrNO3/c1-2-17-13(16)11-7-9(14)3-4-10(11)12-8-15-5-6-18-12/h3-4,7,12,15H,2,5-6,8H2,1H3. The summed E-state index contributed by atoms with van der Waals surface area (Å²) in [4.78, 5) is 11.9. The molecule has 1 aromatic rings. The minimum Gasteiger partial charge on any atom is -0.462 e. The summed E-state index contributed by atoms with van der Waals surface area (Å²) in [7, 11) is 0. The molecular formula is C13H16BrNO3. The van der Waals surface area contributed by atoms with Gasteiger partial charge in [-0.3, -0.25) is 0 Å². The lowest BCUT2D eigenvalue weighted by Crippen LogP contribution is -2.34. The molecule has 2 rings (SSSR count). The Balaban J connectivity index is 2.30. The molecule has 18 heavy (non-hydrogen) atoms. The van der Waals surface area contributed by atoms with E-state index in [0.717, 1.165) is 16.6 Å². The Bertz CT molecular complexity index is 430. The number of esters is 1. The van der Waals surface area contributed by atoms with Gasteiger partial charge in [-0.15, -0.1) is 0 Å². The van der Waals surface area contributed by atoms with Crippen molar-refractivity contribution in [1.29, 1.82) is 0 Å². The minimum atomic E-state index is -0.303. The first kappa shape index (κ1) is 13.5. The van der Waals surface area contributed by atoms with Gasteiger partial charge in [0.15, 0.2) is 0 Å². The summed E-state index contributed by atoms with van der Waals surface area (Å²) in [5, 5.41) is 3.26. The minimum absolute atomic E-state index is 0.0914. The van der Waals surface area contributed by atoms with Crippen LogP contribution in [-0.4, -0.2) is 32.3 Å². The summed E-state index contributed by atoms with van der Waals surface area (Å²) in [6.07, 6.45) is -0.0914. The Morgan fingerprint density at radius 1 is 1.61 bits per heavy atom. The molecule has 1 heterocycles. The fourth-order valence-corrected chi connectivity index (χ4v) is 2.32. The van der Waals surface area contributed by atoms with Gasteiger partial charge in [-0.2, -0.15) is 0 Å². The summed E-state index contributed by atoms with van der Waals surface area (Å²) in [5.74, 6) is -0.303. The van der Waals surface area contributed by atoms with Crippen molar-refractivity contribution in [2.45, 2.75) is 13.0 Å². The number of carbonyl (C=O) groups is 1. The Morgan fingerprint density at radius 2 is 2.44 bits per heavy atom. The maximum absolute atomic E-state index is 11.9. The zero-order valence-electron chi connectivity index (χ0n) is 10.2. The molecule has 0 radical (unpaired) electrons. The normalized spacial score (nSPS) is 19.6. The highest BCUT2D eigenvalue weighted by Crippen LogP contribution is 2.26. The van der Waals surface area contributed by atoms with E-state index in [4.69, 9.17) is 9.47 Å². The van der Waals surface area contributed by atoms with Crippen LogP contribution >= 0.6 is 15.9 Å². The van der Waals surface area contributed by atoms with Crippen LogP contribution < -0.4 is 5.32 Å². The topological polar surface area (TPSA) is 47.6 Å². The fraction of sp³-hybridized carbons (Fsp3) is 0.462. The third-order valence-electron chi connectivity index (χ3n) is 2.79. The third kappa shape index (κ3) is 3.10. The number of hydrogen-bond acceptors (Lipinski definition) is 4. The zero-order valence-corrected chi connectivity index (χ0v) is 11.8. The van der Waals surface area contributed by atoms with Crippen molar-refractivity contribution in [2.75, 3.05) is 26.3 Å². The molecule has 4 nitrogen and oxygen atoms in total. The van der Waals surface area contributed by atoms with Gasteiger partial charge >= 0.3 is 5.97 Å². The number of benzene rings is 1. The molecule has 0 bridgehead atoms. The predicted octanol–water partition coefficient (Wildman–Crippen LogP) is 2.29. The quantitative estimate of drug-likeness (QED) is 0.870. The summed E-state index contributed by atoms with van der Waals surface area (Å²) in [6, 6.07) is 5.61. The van der Waals surface area contributed by atoms with E-state index in [1.165, 1.54) is 0 Å². The molecule has 1 atom stereocenters. The van der Waals surface area contributed by atoms with Crippen molar-refractivity contribution in [1.82, 2.24) is 5.32 Å². The lowest BCUT2D eigenvalue weighted by Gasteiger charge is -2.25. The van der Waals surface area contributed by atoms with Gasteiger partial charge in [-0.1, -0.05) is 22.0 Å². The molecule has 0 aliphatic carbocycles. The molecular weight excluding hydrogens is 298 g/mol. The van der Waals surface area contributed by atoms with Crippen molar-refractivity contribution in [2.24, 2.45) is 0 Å². The highest BCUT2D eigenvalue weighted by Gasteiger charge is 2.22. The highest BCUT2D eigenvalue weighted by atomic mass is 79.9. The predicted molar refractivity (Wildman–Crippen MR) is 71.7 cm³/mol. The molecule has 1 aliphatic heterocycles. The number of morpholine rings is 1. The van der Waals surface area contributed by atoms with E-state index < -0.39 is 0 Å². The lowest BCUT2D eigenvalue weighted by molar-refractivity contribution is 0.0254. The Hall–Kier alpha value is -0.910. The van der Waals surface area contributed by atoms with Crippen LogP contribution in [0.5, 0.6) is 0 Å². The van der Waals surface area contributed by atoms with Gasteiger partial charge in [0.05, 0.1) is 24.9 Å². The second-order valence-electron chi connectivity index (χ2n) is 4.02. The Morgan fingerprint density at radius 3 is 3.11 bits per heavy atom. The molecule has 1 N–H and O–H groups in total. The first-order valence-corrected chi connectivity index (χ1v) is 6.80. The van der Waals surface area contributed by atoms with E-state index in [0.29, 0.717) is 25.3 Å². The van der Waals surface area contributed by atoms with Crippen LogP contribution in [0.3, 0.4) is 0 Å². The first-order valence-electron chi connectivity index (χ1n) is 6.01. The number of ether oxygens (including phenoxy) is 2. The maximum atomic E-state index is 11.9. The SMILES string of the molecule is CCOC(=O)c1cc(Br)ccc1C1CNCCO1. The number of rotatable bonds is 3. The molecule has 1 fully saturated rings. The smallest absolute Gasteiger partial charge is 0.338 e. The molecule has 1 saturated heterocycles. The number of carbonyl (C=O) groups excluding carboxylic acids is 1. The molecule has 1 unspecified atom stereocenters. The van der Waals surface area contributed by atoms with Crippen molar-refractivity contribution in [3.63, 3.8) is 0 Å². The number of halogens is 1. The monoisotopic (exact) mass is 313 g/mol. The number of hydrogen-bond donors (Lipinski definition) is 1. The summed E-state index contributed by atoms with van der Waals surface area (Å²) in [6.45, 7) is 4.39. The van der Waals surface area contributed by atoms with Gasteiger partial charge in [0.2, 0.25) is 0 Å². The average Bonchev–Trinajstić information content (AvgIpc) is 2.40. The van der Waals surface area contributed by atoms with Crippen molar-refractivity contribution < 1.29 is 14.3 Å². The molecule has 0 amide bonds. The van der Waals surface area contributed by atoms with Crippen LogP contribution in [0, 0.1) is 0 Å². The maximum Gasteiger partial charge on any atom is 0.338 e. The van der Waals surface area contributed by atoms with Gasteiger partial charge < -0.3 is 14.8 Å². The molecule has 0 aromatic heterocycles. The van der Waals surface area contributed by atoms with E-state index in [1.807, 2.05) is 12.1 Å². The fourth-order valence-electron chi connectivity index (χ4n) is 1.96. The summed E-state index contributed by atoms with van der Waals surface area (Å²) < 4.78 is 11.6. The second-order valence-corrected chi connectivity index (χ2v) is 4.93. The average molecular weight is 314 g/mol. The van der Waals surface area contributed by atoms with E-state index in [-0.39, 0.29) is 12.1 Å². The highest BCUT2D eigenvalue weighted by molar-refractivity contribution is 9.10. The molecule has 1 aliphatic rings. The van der Waals surface area contributed by atoms with Crippen LogP contribution in [0.25, 0.3) is 0 Å². The van der Waals surface area contributed by atoms with Crippen LogP contribution in [0.15, 0.2) is 22.7 Å². The van der Waals surface area contributed by atoms with Crippen molar-refractivity contribution in [3.8, 4) is 0 Å². The van der Waals surface area contributed by atoms with Crippen molar-refractivity contribution in [3.05, 3.63) is 33.8 Å². The van der Waals surface area contributed by atoms with Gasteiger partial charge in [-0.05, 0) is 24.6 Å². The molecule has 5 heteroatoms. The summed E-state index contributed by atoms with van der Waals surface area (Å²) >= 11 is 3.38. The second kappa shape index (κ2) is 6.31. The Kier molecular flexibility index (Phi) is 4.74. The van der Waals surface area contributed by atoms with Gasteiger partial charge in [-0.25, -0.2) is 4.79 Å². The van der Waals surface area contributed by atoms with Gasteiger partial charge in [0.25, 0.3) is 0 Å². The van der Waals surface area contributed by atoms with Crippen LogP contribution in [0.1, 0.15) is 28.9 Å². The zero-order chi connectivity index (χ0) is 13.0. The van der Waals surface area contributed by atoms with Gasteiger partial charge in [0, 0.05) is 17.6 Å². The third-order valence-corrected chi connectivity index (χ3v) is 3.28. The summed E-state index contributed by atoms with van der Waals surface area (Å²) in [5.41, 5.74) is 1.45. The number of nitrogens with one attached hydrogen (secondary N) is 1. The lowest BCUT2D eigenvalue weighted by atomic mass is 10.0. The van der Waals surface area contributed by atoms with Crippen molar-refractivity contribution >= 4 is 21.9 Å². The molecule has 1 aromatic carbocycles. The van der Waals surface area contributed by atoms with Gasteiger partial charge in [0.1, 0.15) is 0 Å². The van der Waals surface area contributed by atoms with E-state index in [2.05, 4.69) is 21.2 Å². The van der Waals surface area contributed by atoms with E-state index >= 15 is 0 Å². The molecule has 0 spiro atoms. The van der Waals surface area contributed by atoms with Crippen LogP contribution in [0.4, 0.5) is 0 Å².